The lowest BCUT2D eigenvalue weighted by Crippen LogP contribution is -2.42. The van der Waals surface area contributed by atoms with Crippen LogP contribution in [0, 0.1) is 5.82 Å². The zero-order valence-corrected chi connectivity index (χ0v) is 13.5. The molecule has 0 aliphatic rings. The van der Waals surface area contributed by atoms with Crippen LogP contribution in [0.15, 0.2) is 41.8 Å². The maximum Gasteiger partial charge on any atom is 0.315 e. The van der Waals surface area contributed by atoms with Crippen LogP contribution < -0.4 is 15.4 Å². The number of urea groups is 1. The quantitative estimate of drug-likeness (QED) is 0.727. The second kappa shape index (κ2) is 8.50. The Morgan fingerprint density at radius 1 is 1.39 bits per heavy atom. The van der Waals surface area contributed by atoms with Crippen LogP contribution in [0.3, 0.4) is 0 Å². The molecule has 7 heteroatoms. The van der Waals surface area contributed by atoms with Gasteiger partial charge in [-0.3, -0.25) is 0 Å². The highest BCUT2D eigenvalue weighted by atomic mass is 32.1. The molecule has 1 aromatic heterocycles. The van der Waals surface area contributed by atoms with Crippen LogP contribution in [0.2, 0.25) is 0 Å². The van der Waals surface area contributed by atoms with E-state index >= 15 is 0 Å². The minimum atomic E-state index is -0.888. The first kappa shape index (κ1) is 17.2. The number of rotatable bonds is 7. The van der Waals surface area contributed by atoms with E-state index in [0.29, 0.717) is 5.75 Å². The number of hydrogen-bond donors (Lipinski definition) is 3. The summed E-state index contributed by atoms with van der Waals surface area (Å²) < 4.78 is 18.2. The van der Waals surface area contributed by atoms with Crippen LogP contribution in [0.25, 0.3) is 0 Å². The Kier molecular flexibility index (Phi) is 6.37. The van der Waals surface area contributed by atoms with Gasteiger partial charge in [-0.15, -0.1) is 11.3 Å². The zero-order chi connectivity index (χ0) is 16.7. The Bertz CT molecular complexity index is 622. The summed E-state index contributed by atoms with van der Waals surface area (Å²) >= 11 is 1.56. The SMILES string of the molecule is C[C@@H](NC(=O)NC[C@@H](O)COc1cccc(F)c1)c1cccs1. The van der Waals surface area contributed by atoms with E-state index in [0.717, 1.165) is 4.88 Å². The molecule has 5 nitrogen and oxygen atoms in total. The van der Waals surface area contributed by atoms with Crippen LogP contribution in [-0.2, 0) is 0 Å². The van der Waals surface area contributed by atoms with E-state index in [4.69, 9.17) is 4.74 Å². The van der Waals surface area contributed by atoms with Crippen molar-refractivity contribution in [3.8, 4) is 5.75 Å². The van der Waals surface area contributed by atoms with Crippen molar-refractivity contribution in [3.63, 3.8) is 0 Å². The average molecular weight is 338 g/mol. The van der Waals surface area contributed by atoms with Crippen molar-refractivity contribution >= 4 is 17.4 Å². The van der Waals surface area contributed by atoms with E-state index in [1.165, 1.54) is 18.2 Å². The number of aliphatic hydroxyl groups is 1. The van der Waals surface area contributed by atoms with Crippen LogP contribution in [0.1, 0.15) is 17.8 Å². The zero-order valence-electron chi connectivity index (χ0n) is 12.7. The maximum absolute atomic E-state index is 13.0. The van der Waals surface area contributed by atoms with E-state index in [9.17, 15) is 14.3 Å². The van der Waals surface area contributed by atoms with Gasteiger partial charge in [0.2, 0.25) is 0 Å². The van der Waals surface area contributed by atoms with E-state index in [1.54, 1.807) is 17.4 Å². The predicted octanol–water partition coefficient (Wildman–Crippen LogP) is 2.69. The first-order chi connectivity index (χ1) is 11.0. The van der Waals surface area contributed by atoms with E-state index < -0.39 is 11.9 Å². The van der Waals surface area contributed by atoms with Crippen LogP contribution in [0.4, 0.5) is 9.18 Å². The lowest BCUT2D eigenvalue weighted by Gasteiger charge is -2.16. The molecular weight excluding hydrogens is 319 g/mol. The van der Waals surface area contributed by atoms with Crippen molar-refractivity contribution < 1.29 is 19.0 Å². The first-order valence-corrected chi connectivity index (χ1v) is 8.07. The molecule has 2 atom stereocenters. The fraction of sp³-hybridized carbons (Fsp3) is 0.312. The normalized spacial score (nSPS) is 13.2. The highest BCUT2D eigenvalue weighted by Crippen LogP contribution is 2.17. The number of ether oxygens (including phenoxy) is 1. The molecule has 1 heterocycles. The summed E-state index contributed by atoms with van der Waals surface area (Å²) in [4.78, 5) is 12.8. The van der Waals surface area contributed by atoms with Gasteiger partial charge in [-0.2, -0.15) is 0 Å². The number of carbonyl (C=O) groups excluding carboxylic acids is 1. The molecule has 0 aliphatic heterocycles. The lowest BCUT2D eigenvalue weighted by atomic mass is 10.3. The number of thiophene rings is 1. The second-order valence-corrected chi connectivity index (χ2v) is 5.99. The highest BCUT2D eigenvalue weighted by Gasteiger charge is 2.12. The molecule has 0 fully saturated rings. The Morgan fingerprint density at radius 3 is 2.91 bits per heavy atom. The molecular formula is C16H19FN2O3S. The van der Waals surface area contributed by atoms with Crippen LogP contribution in [0.5, 0.6) is 5.75 Å². The number of nitrogens with one attached hydrogen (secondary N) is 2. The molecule has 0 radical (unpaired) electrons. The third kappa shape index (κ3) is 5.88. The molecule has 2 amide bonds. The summed E-state index contributed by atoms with van der Waals surface area (Å²) in [7, 11) is 0. The number of amides is 2. The number of carbonyl (C=O) groups is 1. The Morgan fingerprint density at radius 2 is 2.22 bits per heavy atom. The monoisotopic (exact) mass is 338 g/mol. The van der Waals surface area contributed by atoms with Crippen molar-refractivity contribution in [2.75, 3.05) is 13.2 Å². The first-order valence-electron chi connectivity index (χ1n) is 7.19. The summed E-state index contributed by atoms with van der Waals surface area (Å²) in [6.07, 6.45) is -0.888. The predicted molar refractivity (Wildman–Crippen MR) is 87.2 cm³/mol. The topological polar surface area (TPSA) is 70.6 Å². The number of hydrogen-bond acceptors (Lipinski definition) is 4. The molecule has 23 heavy (non-hydrogen) atoms. The smallest absolute Gasteiger partial charge is 0.315 e. The standard InChI is InChI=1S/C16H19FN2O3S/c1-11(15-6-3-7-23-15)19-16(21)18-9-13(20)10-22-14-5-2-4-12(17)8-14/h2-8,11,13,20H,9-10H2,1H3,(H2,18,19,21)/t11-,13-/m1/s1. The second-order valence-electron chi connectivity index (χ2n) is 5.01. The molecule has 0 bridgehead atoms. The van der Waals surface area contributed by atoms with Gasteiger partial charge < -0.3 is 20.5 Å². The van der Waals surface area contributed by atoms with E-state index in [1.807, 2.05) is 24.4 Å². The lowest BCUT2D eigenvalue weighted by molar-refractivity contribution is 0.107. The van der Waals surface area contributed by atoms with Gasteiger partial charge in [0.25, 0.3) is 0 Å². The summed E-state index contributed by atoms with van der Waals surface area (Å²) in [5, 5.41) is 17.1. The van der Waals surface area contributed by atoms with Crippen molar-refractivity contribution in [1.29, 1.82) is 0 Å². The van der Waals surface area contributed by atoms with Gasteiger partial charge in [0.15, 0.2) is 0 Å². The van der Waals surface area contributed by atoms with Gasteiger partial charge >= 0.3 is 6.03 Å². The minimum Gasteiger partial charge on any atom is -0.491 e. The molecule has 1 aromatic carbocycles. The molecule has 0 saturated carbocycles. The van der Waals surface area contributed by atoms with E-state index in [-0.39, 0.29) is 25.2 Å². The molecule has 0 spiro atoms. The summed E-state index contributed by atoms with van der Waals surface area (Å²) in [5.41, 5.74) is 0. The van der Waals surface area contributed by atoms with Gasteiger partial charge in [0.1, 0.15) is 24.3 Å². The van der Waals surface area contributed by atoms with Gasteiger partial charge in [-0.05, 0) is 30.5 Å². The van der Waals surface area contributed by atoms with Gasteiger partial charge in [0.05, 0.1) is 6.04 Å². The fourth-order valence-electron chi connectivity index (χ4n) is 1.88. The third-order valence-corrected chi connectivity index (χ3v) is 4.11. The van der Waals surface area contributed by atoms with Crippen LogP contribution in [-0.4, -0.2) is 30.4 Å². The molecule has 0 aliphatic carbocycles. The Hall–Kier alpha value is -2.12. The fourth-order valence-corrected chi connectivity index (χ4v) is 2.61. The van der Waals surface area contributed by atoms with Gasteiger partial charge in [-0.1, -0.05) is 12.1 Å². The maximum atomic E-state index is 13.0. The number of halogens is 1. The van der Waals surface area contributed by atoms with Crippen molar-refractivity contribution in [2.24, 2.45) is 0 Å². The summed E-state index contributed by atoms with van der Waals surface area (Å²) in [6.45, 7) is 1.89. The number of aliphatic hydroxyl groups excluding tert-OH is 1. The molecule has 124 valence electrons. The van der Waals surface area contributed by atoms with Crippen molar-refractivity contribution in [1.82, 2.24) is 10.6 Å². The minimum absolute atomic E-state index is 0.0375. The number of benzene rings is 1. The van der Waals surface area contributed by atoms with Crippen LogP contribution >= 0.6 is 11.3 Å². The van der Waals surface area contributed by atoms with E-state index in [2.05, 4.69) is 10.6 Å². The Labute approximate surface area is 138 Å². The molecule has 0 unspecified atom stereocenters. The average Bonchev–Trinajstić information content (AvgIpc) is 3.05. The summed E-state index contributed by atoms with van der Waals surface area (Å²) in [6, 6.07) is 9.06. The molecule has 0 saturated heterocycles. The Balaban J connectivity index is 1.67. The third-order valence-electron chi connectivity index (χ3n) is 3.05. The highest BCUT2D eigenvalue weighted by molar-refractivity contribution is 7.10. The molecule has 2 aromatic rings. The summed E-state index contributed by atoms with van der Waals surface area (Å²) in [5.74, 6) is -0.0723. The van der Waals surface area contributed by atoms with Gasteiger partial charge in [0, 0.05) is 17.5 Å². The molecule has 3 N–H and O–H groups in total. The largest absolute Gasteiger partial charge is 0.491 e. The van der Waals surface area contributed by atoms with Crippen molar-refractivity contribution in [3.05, 3.63) is 52.5 Å². The van der Waals surface area contributed by atoms with Gasteiger partial charge in [-0.25, -0.2) is 9.18 Å². The molecule has 2 rings (SSSR count). The van der Waals surface area contributed by atoms with Crippen molar-refractivity contribution in [2.45, 2.75) is 19.1 Å².